The Balaban J connectivity index is 2.02. The predicted molar refractivity (Wildman–Crippen MR) is 84.3 cm³/mol. The lowest BCUT2D eigenvalue weighted by Gasteiger charge is -2.33. The van der Waals surface area contributed by atoms with Gasteiger partial charge in [-0.15, -0.1) is 10.2 Å². The summed E-state index contributed by atoms with van der Waals surface area (Å²) in [5.41, 5.74) is -0.537. The van der Waals surface area contributed by atoms with Crippen LogP contribution in [0.25, 0.3) is 0 Å². The second-order valence-electron chi connectivity index (χ2n) is 6.18. The van der Waals surface area contributed by atoms with Gasteiger partial charge in [-0.1, -0.05) is 11.6 Å². The van der Waals surface area contributed by atoms with E-state index >= 15 is 0 Å². The Labute approximate surface area is 137 Å². The summed E-state index contributed by atoms with van der Waals surface area (Å²) >= 11 is 5.69. The van der Waals surface area contributed by atoms with Gasteiger partial charge in [0.25, 0.3) is 0 Å². The van der Waals surface area contributed by atoms with E-state index in [9.17, 15) is 9.00 Å². The Morgan fingerprint density at radius 1 is 1.41 bits per heavy atom. The first kappa shape index (κ1) is 17.1. The van der Waals surface area contributed by atoms with Crippen molar-refractivity contribution in [2.45, 2.75) is 49.5 Å². The van der Waals surface area contributed by atoms with Crippen LogP contribution in [0.2, 0.25) is 5.15 Å². The molecule has 2 atom stereocenters. The first-order chi connectivity index (χ1) is 10.3. The van der Waals surface area contributed by atoms with E-state index in [1.165, 1.54) is 0 Å². The normalized spacial score (nSPS) is 20.5. The molecule has 0 spiro atoms. The van der Waals surface area contributed by atoms with E-state index < -0.39 is 16.4 Å². The first-order valence-corrected chi connectivity index (χ1v) is 8.73. The van der Waals surface area contributed by atoms with Crippen molar-refractivity contribution in [2.75, 3.05) is 13.1 Å². The van der Waals surface area contributed by atoms with E-state index in [1.54, 1.807) is 17.0 Å². The monoisotopic (exact) mass is 345 g/mol. The molecule has 0 N–H and O–H groups in total. The van der Waals surface area contributed by atoms with Gasteiger partial charge in [0.15, 0.2) is 5.15 Å². The maximum Gasteiger partial charge on any atom is 0.410 e. The van der Waals surface area contributed by atoms with Gasteiger partial charge in [0.05, 0.1) is 16.0 Å². The molecule has 1 saturated heterocycles. The van der Waals surface area contributed by atoms with Crippen molar-refractivity contribution in [3.05, 3.63) is 17.3 Å². The molecule has 0 unspecified atom stereocenters. The summed E-state index contributed by atoms with van der Waals surface area (Å²) < 4.78 is 17.9. The average Bonchev–Trinajstić information content (AvgIpc) is 2.46. The quantitative estimate of drug-likeness (QED) is 0.823. The molecule has 1 fully saturated rings. The van der Waals surface area contributed by atoms with Crippen LogP contribution in [0.4, 0.5) is 4.79 Å². The summed E-state index contributed by atoms with van der Waals surface area (Å²) in [7, 11) is -1.32. The van der Waals surface area contributed by atoms with Crippen LogP contribution in [-0.2, 0) is 15.5 Å². The number of nitrogens with zero attached hydrogens (tertiary/aromatic N) is 3. The minimum Gasteiger partial charge on any atom is -0.444 e. The van der Waals surface area contributed by atoms with Gasteiger partial charge in [0.2, 0.25) is 0 Å². The third-order valence-electron chi connectivity index (χ3n) is 3.15. The highest BCUT2D eigenvalue weighted by Crippen LogP contribution is 2.21. The standard InChI is InChI=1S/C14H20ClN3O3S/c1-14(2,3)21-13(19)18-8-4-5-10(9-18)22(20)12-7-6-11(15)16-17-12/h6-7,10H,4-5,8-9H2,1-3H3/t10-,22-/m1/s1. The molecule has 1 aliphatic heterocycles. The molecule has 0 aliphatic carbocycles. The van der Waals surface area contributed by atoms with Gasteiger partial charge in [-0.3, -0.25) is 4.21 Å². The van der Waals surface area contributed by atoms with Crippen LogP contribution in [0.5, 0.6) is 0 Å². The van der Waals surface area contributed by atoms with Crippen LogP contribution in [-0.4, -0.2) is 49.3 Å². The minimum atomic E-state index is -1.32. The smallest absolute Gasteiger partial charge is 0.410 e. The number of hydrogen-bond acceptors (Lipinski definition) is 5. The number of hydrogen-bond donors (Lipinski definition) is 0. The van der Waals surface area contributed by atoms with Gasteiger partial charge in [0, 0.05) is 13.1 Å². The lowest BCUT2D eigenvalue weighted by atomic mass is 10.1. The molecule has 1 aromatic rings. The second-order valence-corrected chi connectivity index (χ2v) is 8.25. The lowest BCUT2D eigenvalue weighted by molar-refractivity contribution is 0.0219. The predicted octanol–water partition coefficient (Wildman–Crippen LogP) is 2.64. The number of halogens is 1. The van der Waals surface area contributed by atoms with Crippen LogP contribution in [0, 0.1) is 0 Å². The molecule has 0 aromatic carbocycles. The van der Waals surface area contributed by atoms with Crippen LogP contribution in [0.3, 0.4) is 0 Å². The van der Waals surface area contributed by atoms with E-state index in [0.29, 0.717) is 18.1 Å². The average molecular weight is 346 g/mol. The van der Waals surface area contributed by atoms with E-state index in [0.717, 1.165) is 12.8 Å². The molecule has 0 radical (unpaired) electrons. The molecule has 122 valence electrons. The molecule has 8 heteroatoms. The Kier molecular flexibility index (Phi) is 5.39. The zero-order chi connectivity index (χ0) is 16.3. The maximum atomic E-state index is 12.6. The zero-order valence-electron chi connectivity index (χ0n) is 12.9. The number of carbonyl (C=O) groups excluding carboxylic acids is 1. The van der Waals surface area contributed by atoms with Gasteiger partial charge in [-0.2, -0.15) is 0 Å². The molecular formula is C14H20ClN3O3S. The van der Waals surface area contributed by atoms with Crippen LogP contribution in [0.15, 0.2) is 17.2 Å². The van der Waals surface area contributed by atoms with Crippen molar-refractivity contribution in [2.24, 2.45) is 0 Å². The van der Waals surface area contributed by atoms with Gasteiger partial charge < -0.3 is 9.64 Å². The zero-order valence-corrected chi connectivity index (χ0v) is 14.5. The molecule has 2 heterocycles. The Morgan fingerprint density at radius 3 is 2.73 bits per heavy atom. The van der Waals surface area contributed by atoms with Gasteiger partial charge in [-0.05, 0) is 45.7 Å². The van der Waals surface area contributed by atoms with Crippen molar-refractivity contribution in [3.63, 3.8) is 0 Å². The first-order valence-electron chi connectivity index (χ1n) is 7.14. The largest absolute Gasteiger partial charge is 0.444 e. The number of likely N-dealkylation sites (tertiary alicyclic amines) is 1. The van der Waals surface area contributed by atoms with Crippen molar-refractivity contribution >= 4 is 28.5 Å². The Hall–Kier alpha value is -1.21. The fourth-order valence-electron chi connectivity index (χ4n) is 2.19. The third-order valence-corrected chi connectivity index (χ3v) is 4.97. The summed E-state index contributed by atoms with van der Waals surface area (Å²) in [6, 6.07) is 3.17. The highest BCUT2D eigenvalue weighted by molar-refractivity contribution is 7.85. The summed E-state index contributed by atoms with van der Waals surface area (Å²) in [5.74, 6) is 0. The number of piperidine rings is 1. The van der Waals surface area contributed by atoms with Crippen LogP contribution < -0.4 is 0 Å². The van der Waals surface area contributed by atoms with E-state index in [1.807, 2.05) is 20.8 Å². The van der Waals surface area contributed by atoms with Gasteiger partial charge in [0.1, 0.15) is 10.6 Å². The molecule has 1 aliphatic rings. The second kappa shape index (κ2) is 6.91. The summed E-state index contributed by atoms with van der Waals surface area (Å²) in [6.45, 7) is 6.50. The Bertz CT molecular complexity index is 559. The summed E-state index contributed by atoms with van der Waals surface area (Å²) in [4.78, 5) is 13.7. The highest BCUT2D eigenvalue weighted by Gasteiger charge is 2.31. The van der Waals surface area contributed by atoms with Crippen molar-refractivity contribution < 1.29 is 13.7 Å². The summed E-state index contributed by atoms with van der Waals surface area (Å²) in [6.07, 6.45) is 1.20. The van der Waals surface area contributed by atoms with Crippen molar-refractivity contribution in [3.8, 4) is 0 Å². The SMILES string of the molecule is CC(C)(C)OC(=O)N1CCC[C@@H]([S@@](=O)c2ccc(Cl)nn2)C1. The maximum absolute atomic E-state index is 12.6. The molecule has 1 amide bonds. The van der Waals surface area contributed by atoms with Crippen LogP contribution >= 0.6 is 11.6 Å². The lowest BCUT2D eigenvalue weighted by Crippen LogP contribution is -2.45. The molecule has 0 saturated carbocycles. The molecule has 1 aromatic heterocycles. The topological polar surface area (TPSA) is 72.4 Å². The van der Waals surface area contributed by atoms with Crippen molar-refractivity contribution in [1.82, 2.24) is 15.1 Å². The van der Waals surface area contributed by atoms with Gasteiger partial charge in [-0.25, -0.2) is 4.79 Å². The fourth-order valence-corrected chi connectivity index (χ4v) is 3.65. The van der Waals surface area contributed by atoms with Crippen LogP contribution in [0.1, 0.15) is 33.6 Å². The Morgan fingerprint density at radius 2 is 2.14 bits per heavy atom. The number of carbonyl (C=O) groups is 1. The summed E-state index contributed by atoms with van der Waals surface area (Å²) in [5, 5.41) is 8.06. The number of ether oxygens (including phenoxy) is 1. The molecule has 0 bridgehead atoms. The molecule has 2 rings (SSSR count). The van der Waals surface area contributed by atoms with Crippen molar-refractivity contribution in [1.29, 1.82) is 0 Å². The number of amides is 1. The van der Waals surface area contributed by atoms with E-state index in [-0.39, 0.29) is 16.5 Å². The molecular weight excluding hydrogens is 326 g/mol. The molecule has 6 nitrogen and oxygen atoms in total. The minimum absolute atomic E-state index is 0.170. The van der Waals surface area contributed by atoms with E-state index in [4.69, 9.17) is 16.3 Å². The number of rotatable bonds is 2. The fraction of sp³-hybridized carbons (Fsp3) is 0.643. The van der Waals surface area contributed by atoms with E-state index in [2.05, 4.69) is 10.2 Å². The highest BCUT2D eigenvalue weighted by atomic mass is 35.5. The number of aromatic nitrogens is 2. The third kappa shape index (κ3) is 4.64. The van der Waals surface area contributed by atoms with Gasteiger partial charge >= 0.3 is 6.09 Å². The molecule has 22 heavy (non-hydrogen) atoms.